The average Bonchev–Trinajstić information content (AvgIpc) is 3.08. The van der Waals surface area contributed by atoms with Gasteiger partial charge in [-0.1, -0.05) is 41.7 Å². The second-order valence-corrected chi connectivity index (χ2v) is 8.10. The number of rotatable bonds is 7. The molecule has 122 valence electrons. The molecule has 0 saturated carbocycles. The largest absolute Gasteiger partial charge is 0.234 e. The van der Waals surface area contributed by atoms with Crippen molar-refractivity contribution in [2.75, 3.05) is 12.3 Å². The lowest BCUT2D eigenvalue weighted by molar-refractivity contribution is 0.580. The highest BCUT2D eigenvalue weighted by molar-refractivity contribution is 7.89. The quantitative estimate of drug-likeness (QED) is 0.691. The van der Waals surface area contributed by atoms with Gasteiger partial charge in [0.15, 0.2) is 5.82 Å². The molecule has 0 saturated heterocycles. The van der Waals surface area contributed by atoms with Crippen LogP contribution in [0.15, 0.2) is 30.3 Å². The molecule has 2 aromatic heterocycles. The van der Waals surface area contributed by atoms with Gasteiger partial charge < -0.3 is 0 Å². The van der Waals surface area contributed by atoms with Gasteiger partial charge in [0.1, 0.15) is 5.01 Å². The van der Waals surface area contributed by atoms with Crippen molar-refractivity contribution in [1.29, 1.82) is 0 Å². The fourth-order valence-electron chi connectivity index (χ4n) is 2.14. The van der Waals surface area contributed by atoms with E-state index in [4.69, 9.17) is 0 Å². The van der Waals surface area contributed by atoms with Crippen LogP contribution in [0.1, 0.15) is 16.4 Å². The molecule has 7 nitrogen and oxygen atoms in total. The van der Waals surface area contributed by atoms with Gasteiger partial charge >= 0.3 is 0 Å². The first-order chi connectivity index (χ1) is 11.0. The van der Waals surface area contributed by atoms with Crippen LogP contribution in [0.3, 0.4) is 0 Å². The number of sulfonamides is 1. The van der Waals surface area contributed by atoms with Gasteiger partial charge in [0, 0.05) is 13.0 Å². The number of aryl methyl sites for hydroxylation is 2. The van der Waals surface area contributed by atoms with Crippen molar-refractivity contribution in [3.05, 3.63) is 46.7 Å². The molecule has 23 heavy (non-hydrogen) atoms. The van der Waals surface area contributed by atoms with Crippen LogP contribution in [0.5, 0.6) is 0 Å². The maximum atomic E-state index is 12.0. The van der Waals surface area contributed by atoms with Crippen molar-refractivity contribution in [2.45, 2.75) is 19.8 Å². The molecule has 3 aromatic rings. The Morgan fingerprint density at radius 2 is 1.96 bits per heavy atom. The van der Waals surface area contributed by atoms with Gasteiger partial charge in [-0.3, -0.25) is 0 Å². The van der Waals surface area contributed by atoms with Crippen molar-refractivity contribution < 1.29 is 8.42 Å². The fourth-order valence-corrected chi connectivity index (χ4v) is 4.08. The lowest BCUT2D eigenvalue weighted by Gasteiger charge is -2.05. The van der Waals surface area contributed by atoms with Gasteiger partial charge in [0.05, 0.1) is 5.75 Å². The molecule has 0 spiro atoms. The zero-order valence-electron chi connectivity index (χ0n) is 12.6. The number of fused-ring (bicyclic) bond motifs is 1. The van der Waals surface area contributed by atoms with Crippen LogP contribution >= 0.6 is 11.3 Å². The smallest absolute Gasteiger partial charge is 0.215 e. The van der Waals surface area contributed by atoms with Gasteiger partial charge in [0.2, 0.25) is 15.0 Å². The summed E-state index contributed by atoms with van der Waals surface area (Å²) in [6, 6.07) is 9.59. The van der Waals surface area contributed by atoms with Crippen LogP contribution in [-0.2, 0) is 22.9 Å². The summed E-state index contributed by atoms with van der Waals surface area (Å²) in [6.45, 7) is 2.16. The molecular weight excluding hydrogens is 334 g/mol. The Hall–Kier alpha value is -1.84. The second-order valence-electron chi connectivity index (χ2n) is 5.14. The van der Waals surface area contributed by atoms with Crippen LogP contribution in [-0.4, -0.2) is 40.5 Å². The molecule has 1 N–H and O–H groups in total. The number of aromatic nitrogens is 4. The molecule has 0 aliphatic heterocycles. The Kier molecular flexibility index (Phi) is 4.69. The standard InChI is InChI=1S/C14H17N5O2S2/c1-11-16-17-14-19(11)18-13(22-14)7-9-15-23(20,21)10-8-12-5-3-2-4-6-12/h2-6,15H,7-10H2,1H3. The maximum Gasteiger partial charge on any atom is 0.234 e. The summed E-state index contributed by atoms with van der Waals surface area (Å²) in [4.78, 5) is 0.726. The SMILES string of the molecule is Cc1nnc2sc(CCNS(=O)(=O)CCc3ccccc3)nn12. The van der Waals surface area contributed by atoms with Gasteiger partial charge in [-0.05, 0) is 18.9 Å². The van der Waals surface area contributed by atoms with Crippen LogP contribution in [0, 0.1) is 6.92 Å². The number of hydrogen-bond acceptors (Lipinski definition) is 6. The van der Waals surface area contributed by atoms with Gasteiger partial charge in [-0.2, -0.15) is 9.61 Å². The minimum atomic E-state index is -3.28. The summed E-state index contributed by atoms with van der Waals surface area (Å²) in [5, 5.41) is 13.1. The molecule has 2 heterocycles. The highest BCUT2D eigenvalue weighted by Gasteiger charge is 2.12. The third kappa shape index (κ3) is 4.12. The highest BCUT2D eigenvalue weighted by Crippen LogP contribution is 2.13. The zero-order chi connectivity index (χ0) is 16.3. The molecule has 3 rings (SSSR count). The van der Waals surface area contributed by atoms with Gasteiger partial charge in [0.25, 0.3) is 0 Å². The molecule has 0 aliphatic rings. The second kappa shape index (κ2) is 6.73. The van der Waals surface area contributed by atoms with Crippen molar-refractivity contribution in [2.24, 2.45) is 0 Å². The van der Waals surface area contributed by atoms with E-state index in [1.807, 2.05) is 37.3 Å². The zero-order valence-corrected chi connectivity index (χ0v) is 14.3. The molecule has 0 fully saturated rings. The van der Waals surface area contributed by atoms with E-state index in [0.717, 1.165) is 21.4 Å². The Morgan fingerprint density at radius 3 is 2.70 bits per heavy atom. The third-order valence-electron chi connectivity index (χ3n) is 3.35. The van der Waals surface area contributed by atoms with Crippen LogP contribution < -0.4 is 4.72 Å². The highest BCUT2D eigenvalue weighted by atomic mass is 32.2. The van der Waals surface area contributed by atoms with E-state index in [0.29, 0.717) is 19.4 Å². The Bertz CT molecular complexity index is 886. The van der Waals surface area contributed by atoms with E-state index in [2.05, 4.69) is 20.0 Å². The van der Waals surface area contributed by atoms with E-state index in [1.165, 1.54) is 11.3 Å². The predicted octanol–water partition coefficient (Wildman–Crippen LogP) is 1.20. The monoisotopic (exact) mass is 351 g/mol. The molecule has 0 unspecified atom stereocenters. The first kappa shape index (κ1) is 16.0. The molecule has 0 bridgehead atoms. The van der Waals surface area contributed by atoms with E-state index in [9.17, 15) is 8.42 Å². The summed E-state index contributed by atoms with van der Waals surface area (Å²) >= 11 is 1.42. The Labute approximate surface area is 138 Å². The van der Waals surface area contributed by atoms with Gasteiger partial charge in [-0.25, -0.2) is 13.1 Å². The normalized spacial score (nSPS) is 12.0. The van der Waals surface area contributed by atoms with Crippen LogP contribution in [0.4, 0.5) is 0 Å². The minimum Gasteiger partial charge on any atom is -0.215 e. The van der Waals surface area contributed by atoms with Crippen LogP contribution in [0.2, 0.25) is 0 Å². The summed E-state index contributed by atoms with van der Waals surface area (Å²) in [7, 11) is -3.28. The van der Waals surface area contributed by atoms with Gasteiger partial charge in [-0.15, -0.1) is 10.2 Å². The molecule has 9 heteroatoms. The average molecular weight is 351 g/mol. The topological polar surface area (TPSA) is 89.2 Å². The summed E-state index contributed by atoms with van der Waals surface area (Å²) in [5.41, 5.74) is 1.02. The number of nitrogens with one attached hydrogen (secondary N) is 1. The van der Waals surface area contributed by atoms with E-state index in [-0.39, 0.29) is 5.75 Å². The molecule has 0 amide bonds. The minimum absolute atomic E-state index is 0.0846. The van der Waals surface area contributed by atoms with Crippen molar-refractivity contribution in [3.8, 4) is 0 Å². The lowest BCUT2D eigenvalue weighted by atomic mass is 10.2. The maximum absolute atomic E-state index is 12.0. The summed E-state index contributed by atoms with van der Waals surface area (Å²) in [5.74, 6) is 0.812. The molecular formula is C14H17N5O2S2. The first-order valence-electron chi connectivity index (χ1n) is 7.22. The lowest BCUT2D eigenvalue weighted by Crippen LogP contribution is -2.29. The molecule has 0 atom stereocenters. The first-order valence-corrected chi connectivity index (χ1v) is 9.69. The fraction of sp³-hybridized carbons (Fsp3) is 0.357. The predicted molar refractivity (Wildman–Crippen MR) is 89.0 cm³/mol. The third-order valence-corrected chi connectivity index (χ3v) is 5.70. The summed E-state index contributed by atoms with van der Waals surface area (Å²) < 4.78 is 28.3. The summed E-state index contributed by atoms with van der Waals surface area (Å²) in [6.07, 6.45) is 1.05. The van der Waals surface area contributed by atoms with E-state index in [1.54, 1.807) is 4.52 Å². The number of nitrogens with zero attached hydrogens (tertiary/aromatic N) is 4. The number of hydrogen-bond donors (Lipinski definition) is 1. The number of benzene rings is 1. The van der Waals surface area contributed by atoms with E-state index >= 15 is 0 Å². The molecule has 0 radical (unpaired) electrons. The molecule has 1 aromatic carbocycles. The Balaban J connectivity index is 1.50. The van der Waals surface area contributed by atoms with Crippen LogP contribution in [0.25, 0.3) is 4.96 Å². The Morgan fingerprint density at radius 1 is 1.17 bits per heavy atom. The van der Waals surface area contributed by atoms with E-state index < -0.39 is 10.0 Å². The van der Waals surface area contributed by atoms with Crippen molar-refractivity contribution in [3.63, 3.8) is 0 Å². The van der Waals surface area contributed by atoms with Crippen molar-refractivity contribution in [1.82, 2.24) is 24.5 Å². The van der Waals surface area contributed by atoms with Crippen molar-refractivity contribution >= 4 is 26.3 Å². The molecule has 0 aliphatic carbocycles.